The molecular weight excluding hydrogens is 526 g/mol. The summed E-state index contributed by atoms with van der Waals surface area (Å²) in [5.74, 6) is -0.921. The van der Waals surface area contributed by atoms with Crippen LogP contribution in [0, 0.1) is 0 Å². The van der Waals surface area contributed by atoms with Gasteiger partial charge in [0.1, 0.15) is 0 Å². The number of carbonyl (C=O) groups excluding carboxylic acids is 3. The normalized spacial score (nSPS) is 15.7. The molecule has 1 atom stereocenters. The number of nitrogens with one attached hydrogen (secondary N) is 1. The third-order valence-electron chi connectivity index (χ3n) is 5.91. The fourth-order valence-electron chi connectivity index (χ4n) is 4.08. The molecule has 0 bridgehead atoms. The molecule has 9 heteroatoms. The van der Waals surface area contributed by atoms with Crippen LogP contribution in [0.4, 0.5) is 5.69 Å². The molecule has 0 aliphatic carbocycles. The number of halogens is 1. The van der Waals surface area contributed by atoms with Crippen molar-refractivity contribution in [3.63, 3.8) is 0 Å². The van der Waals surface area contributed by atoms with Crippen LogP contribution in [0.3, 0.4) is 0 Å². The summed E-state index contributed by atoms with van der Waals surface area (Å²) >= 11 is 3.34. The number of amides is 3. The molecule has 184 valence electrons. The standard InChI is InChI=1S/C27H24BrN3O5/c1-16(29-30-26(33)17-9-11-18(28)12-10-17)20-13-23(35-2)24(36-3)14-21(20)22-15-25(32)31(27(22)34)19-7-5-4-6-8-19/h4-14,22H,15H2,1-3H3,(H,30,33). The lowest BCUT2D eigenvalue weighted by Crippen LogP contribution is -2.30. The minimum absolute atomic E-state index is 0.00522. The minimum Gasteiger partial charge on any atom is -0.493 e. The maximum absolute atomic E-state index is 13.4. The van der Waals surface area contributed by atoms with Crippen molar-refractivity contribution in [1.29, 1.82) is 0 Å². The summed E-state index contributed by atoms with van der Waals surface area (Å²) in [6.45, 7) is 1.71. The van der Waals surface area contributed by atoms with Crippen LogP contribution in [-0.4, -0.2) is 37.7 Å². The van der Waals surface area contributed by atoms with Gasteiger partial charge in [0.2, 0.25) is 11.8 Å². The average Bonchev–Trinajstić information content (AvgIpc) is 3.20. The second-order valence-electron chi connectivity index (χ2n) is 8.10. The minimum atomic E-state index is -0.750. The summed E-state index contributed by atoms with van der Waals surface area (Å²) in [5, 5.41) is 4.28. The van der Waals surface area contributed by atoms with Crippen molar-refractivity contribution in [3.05, 3.63) is 87.9 Å². The van der Waals surface area contributed by atoms with E-state index in [1.54, 1.807) is 67.6 Å². The maximum Gasteiger partial charge on any atom is 0.271 e. The van der Waals surface area contributed by atoms with Crippen LogP contribution in [0.1, 0.15) is 40.7 Å². The van der Waals surface area contributed by atoms with E-state index in [1.165, 1.54) is 19.1 Å². The van der Waals surface area contributed by atoms with Crippen molar-refractivity contribution in [2.24, 2.45) is 5.10 Å². The summed E-state index contributed by atoms with van der Waals surface area (Å²) in [6, 6.07) is 19.1. The average molecular weight is 550 g/mol. The predicted molar refractivity (Wildman–Crippen MR) is 140 cm³/mol. The Bertz CT molecular complexity index is 1340. The molecule has 4 rings (SSSR count). The first-order valence-electron chi connectivity index (χ1n) is 11.1. The van der Waals surface area contributed by atoms with Gasteiger partial charge in [-0.2, -0.15) is 5.10 Å². The molecule has 1 heterocycles. The fraction of sp³-hybridized carbons (Fsp3) is 0.185. The maximum atomic E-state index is 13.4. The number of nitrogens with zero attached hydrogens (tertiary/aromatic N) is 2. The van der Waals surface area contributed by atoms with Crippen LogP contribution in [0.15, 0.2) is 76.3 Å². The molecule has 3 amide bonds. The highest BCUT2D eigenvalue weighted by Gasteiger charge is 2.42. The third kappa shape index (κ3) is 5.01. The van der Waals surface area contributed by atoms with Crippen molar-refractivity contribution in [1.82, 2.24) is 5.43 Å². The van der Waals surface area contributed by atoms with Gasteiger partial charge in [-0.3, -0.25) is 19.3 Å². The Kier molecular flexibility index (Phi) is 7.49. The van der Waals surface area contributed by atoms with Crippen molar-refractivity contribution < 1.29 is 23.9 Å². The van der Waals surface area contributed by atoms with Gasteiger partial charge in [-0.15, -0.1) is 0 Å². The van der Waals surface area contributed by atoms with Gasteiger partial charge in [0, 0.05) is 22.0 Å². The number of hydrogen-bond donors (Lipinski definition) is 1. The van der Waals surface area contributed by atoms with Gasteiger partial charge in [0.15, 0.2) is 11.5 Å². The zero-order chi connectivity index (χ0) is 25.8. The predicted octanol–water partition coefficient (Wildman–Crippen LogP) is 4.67. The number of benzene rings is 3. The van der Waals surface area contributed by atoms with Gasteiger partial charge in [0.05, 0.1) is 31.5 Å². The Hall–Kier alpha value is -3.98. The van der Waals surface area contributed by atoms with Crippen LogP contribution >= 0.6 is 15.9 Å². The van der Waals surface area contributed by atoms with Crippen LogP contribution in [0.2, 0.25) is 0 Å². The summed E-state index contributed by atoms with van der Waals surface area (Å²) < 4.78 is 11.8. The lowest BCUT2D eigenvalue weighted by Gasteiger charge is -2.19. The summed E-state index contributed by atoms with van der Waals surface area (Å²) in [6.07, 6.45) is -0.00522. The number of rotatable bonds is 7. The molecule has 1 N–H and O–H groups in total. The Labute approximate surface area is 217 Å². The topological polar surface area (TPSA) is 97.3 Å². The van der Waals surface area contributed by atoms with Gasteiger partial charge in [0.25, 0.3) is 5.91 Å². The first-order valence-corrected chi connectivity index (χ1v) is 11.9. The highest BCUT2D eigenvalue weighted by molar-refractivity contribution is 9.10. The van der Waals surface area contributed by atoms with Crippen LogP contribution in [0.25, 0.3) is 0 Å². The fourth-order valence-corrected chi connectivity index (χ4v) is 4.34. The van der Waals surface area contributed by atoms with Gasteiger partial charge in [-0.25, -0.2) is 5.43 Å². The first kappa shape index (κ1) is 25.1. The van der Waals surface area contributed by atoms with Crippen molar-refractivity contribution >= 4 is 45.1 Å². The van der Waals surface area contributed by atoms with Crippen molar-refractivity contribution in [3.8, 4) is 11.5 Å². The number of carbonyl (C=O) groups is 3. The van der Waals surface area contributed by atoms with E-state index >= 15 is 0 Å². The summed E-state index contributed by atoms with van der Waals surface area (Å²) in [4.78, 5) is 40.1. The molecule has 1 saturated heterocycles. The van der Waals surface area contributed by atoms with Gasteiger partial charge in [-0.05, 0) is 61.0 Å². The second kappa shape index (κ2) is 10.7. The lowest BCUT2D eigenvalue weighted by molar-refractivity contribution is -0.121. The molecule has 36 heavy (non-hydrogen) atoms. The molecular formula is C27H24BrN3O5. The van der Waals surface area contributed by atoms with E-state index in [0.717, 1.165) is 4.47 Å². The van der Waals surface area contributed by atoms with Crippen LogP contribution < -0.4 is 19.8 Å². The number of ether oxygens (including phenoxy) is 2. The van der Waals surface area contributed by atoms with E-state index in [2.05, 4.69) is 26.5 Å². The number of para-hydroxylation sites is 1. The zero-order valence-corrected chi connectivity index (χ0v) is 21.5. The third-order valence-corrected chi connectivity index (χ3v) is 6.44. The monoisotopic (exact) mass is 549 g/mol. The lowest BCUT2D eigenvalue weighted by atomic mass is 9.90. The van der Waals surface area contributed by atoms with Crippen molar-refractivity contribution in [2.75, 3.05) is 19.1 Å². The van der Waals surface area contributed by atoms with Crippen LogP contribution in [-0.2, 0) is 9.59 Å². The highest BCUT2D eigenvalue weighted by Crippen LogP contribution is 2.40. The van der Waals surface area contributed by atoms with Crippen molar-refractivity contribution in [2.45, 2.75) is 19.3 Å². The quantitative estimate of drug-likeness (QED) is 0.262. The number of hydrazone groups is 1. The molecule has 0 radical (unpaired) electrons. The molecule has 8 nitrogen and oxygen atoms in total. The largest absolute Gasteiger partial charge is 0.493 e. The Morgan fingerprint density at radius 3 is 2.28 bits per heavy atom. The van der Waals surface area contributed by atoms with E-state index in [0.29, 0.717) is 39.6 Å². The molecule has 1 fully saturated rings. The molecule has 3 aromatic carbocycles. The van der Waals surface area contributed by atoms with Crippen LogP contribution in [0.5, 0.6) is 11.5 Å². The Balaban J connectivity index is 1.71. The van der Waals surface area contributed by atoms with Gasteiger partial charge < -0.3 is 9.47 Å². The van der Waals surface area contributed by atoms with Gasteiger partial charge in [-0.1, -0.05) is 34.1 Å². The van der Waals surface area contributed by atoms with E-state index in [-0.39, 0.29) is 24.1 Å². The molecule has 1 unspecified atom stereocenters. The number of methoxy groups -OCH3 is 2. The highest BCUT2D eigenvalue weighted by atomic mass is 79.9. The second-order valence-corrected chi connectivity index (χ2v) is 9.01. The first-order chi connectivity index (χ1) is 17.3. The molecule has 1 aliphatic heterocycles. The van der Waals surface area contributed by atoms with E-state index < -0.39 is 5.92 Å². The van der Waals surface area contributed by atoms with E-state index in [9.17, 15) is 14.4 Å². The summed E-state index contributed by atoms with van der Waals surface area (Å²) in [5.41, 5.74) is 5.07. The number of imide groups is 1. The van der Waals surface area contributed by atoms with E-state index in [1.807, 2.05) is 6.07 Å². The Morgan fingerprint density at radius 2 is 1.64 bits per heavy atom. The molecule has 0 saturated carbocycles. The molecule has 1 aliphatic rings. The molecule has 0 spiro atoms. The molecule has 3 aromatic rings. The number of hydrogen-bond acceptors (Lipinski definition) is 6. The molecule has 0 aromatic heterocycles. The SMILES string of the molecule is COc1cc(C(C)=NNC(=O)c2ccc(Br)cc2)c(C2CC(=O)N(c3ccccc3)C2=O)cc1OC. The Morgan fingerprint density at radius 1 is 1.00 bits per heavy atom. The van der Waals surface area contributed by atoms with Gasteiger partial charge >= 0.3 is 0 Å². The smallest absolute Gasteiger partial charge is 0.271 e. The number of anilines is 1. The summed E-state index contributed by atoms with van der Waals surface area (Å²) in [7, 11) is 3.00. The zero-order valence-electron chi connectivity index (χ0n) is 19.9. The van der Waals surface area contributed by atoms with E-state index in [4.69, 9.17) is 9.47 Å².